The number of hydrogen-bond donors (Lipinski definition) is 2. The lowest BCUT2D eigenvalue weighted by molar-refractivity contribution is 0.102. The molecule has 88 valence electrons. The summed E-state index contributed by atoms with van der Waals surface area (Å²) in [6.45, 7) is 0. The van der Waals surface area contributed by atoms with E-state index >= 15 is 0 Å². The molecule has 2 N–H and O–H groups in total. The Morgan fingerprint density at radius 2 is 2.18 bits per heavy atom. The number of amides is 1. The van der Waals surface area contributed by atoms with Gasteiger partial charge in [-0.05, 0) is 6.07 Å². The Kier molecular flexibility index (Phi) is 3.04. The maximum Gasteiger partial charge on any atom is 0.259 e. The first-order chi connectivity index (χ1) is 8.22. The van der Waals surface area contributed by atoms with Gasteiger partial charge in [0.2, 0.25) is 0 Å². The quantitative estimate of drug-likeness (QED) is 0.830. The molecule has 2 heterocycles. The highest BCUT2D eigenvalue weighted by molar-refractivity contribution is 6.07. The summed E-state index contributed by atoms with van der Waals surface area (Å²) in [6, 6.07) is 3.40. The molecule has 17 heavy (non-hydrogen) atoms. The van der Waals surface area contributed by atoms with Crippen LogP contribution in [0.1, 0.15) is 10.4 Å². The van der Waals surface area contributed by atoms with Crippen molar-refractivity contribution in [1.82, 2.24) is 14.8 Å². The van der Waals surface area contributed by atoms with Crippen LogP contribution < -0.4 is 10.6 Å². The van der Waals surface area contributed by atoms with Crippen molar-refractivity contribution in [2.24, 2.45) is 7.05 Å². The maximum atomic E-state index is 12.0. The molecular weight excluding hydrogens is 218 g/mol. The van der Waals surface area contributed by atoms with Crippen molar-refractivity contribution in [3.63, 3.8) is 0 Å². The first-order valence-corrected chi connectivity index (χ1v) is 5.13. The molecule has 0 saturated heterocycles. The monoisotopic (exact) mass is 231 g/mol. The maximum absolute atomic E-state index is 12.0. The topological polar surface area (TPSA) is 71.8 Å². The molecule has 6 heteroatoms. The van der Waals surface area contributed by atoms with Gasteiger partial charge in [0, 0.05) is 26.4 Å². The highest BCUT2D eigenvalue weighted by Crippen LogP contribution is 2.14. The van der Waals surface area contributed by atoms with E-state index in [1.54, 1.807) is 49.5 Å². The smallest absolute Gasteiger partial charge is 0.259 e. The van der Waals surface area contributed by atoms with Gasteiger partial charge in [-0.15, -0.1) is 0 Å². The summed E-state index contributed by atoms with van der Waals surface area (Å²) in [6.07, 6.45) is 4.82. The molecular formula is C11H13N5O. The standard InChI is InChI=1S/C11H13N5O/c1-12-9-7-13-5-3-8(9)11(17)15-10-4-6-14-16(10)2/h3-7,12H,1-2H3,(H,15,17). The molecule has 0 aliphatic carbocycles. The van der Waals surface area contributed by atoms with Crippen molar-refractivity contribution in [1.29, 1.82) is 0 Å². The third-order valence-electron chi connectivity index (χ3n) is 2.40. The number of pyridine rings is 1. The molecule has 0 saturated carbocycles. The number of nitrogens with zero attached hydrogens (tertiary/aromatic N) is 3. The van der Waals surface area contributed by atoms with Crippen LogP contribution in [0.5, 0.6) is 0 Å². The highest BCUT2D eigenvalue weighted by atomic mass is 16.1. The van der Waals surface area contributed by atoms with E-state index in [0.29, 0.717) is 17.1 Å². The second-order valence-electron chi connectivity index (χ2n) is 3.47. The summed E-state index contributed by atoms with van der Waals surface area (Å²) < 4.78 is 1.60. The Hall–Kier alpha value is -2.37. The van der Waals surface area contributed by atoms with E-state index in [2.05, 4.69) is 20.7 Å². The molecule has 0 spiro atoms. The summed E-state index contributed by atoms with van der Waals surface area (Å²) in [7, 11) is 3.51. The minimum Gasteiger partial charge on any atom is -0.386 e. The average molecular weight is 231 g/mol. The van der Waals surface area contributed by atoms with Crippen molar-refractivity contribution in [3.8, 4) is 0 Å². The van der Waals surface area contributed by atoms with E-state index in [-0.39, 0.29) is 5.91 Å². The number of carbonyl (C=O) groups is 1. The first-order valence-electron chi connectivity index (χ1n) is 5.13. The van der Waals surface area contributed by atoms with Crippen LogP contribution in [0.3, 0.4) is 0 Å². The number of aryl methyl sites for hydroxylation is 1. The molecule has 0 radical (unpaired) electrons. The number of rotatable bonds is 3. The fraction of sp³-hybridized carbons (Fsp3) is 0.182. The van der Waals surface area contributed by atoms with Crippen LogP contribution in [0.25, 0.3) is 0 Å². The van der Waals surface area contributed by atoms with Crippen LogP contribution in [-0.4, -0.2) is 27.7 Å². The number of nitrogens with one attached hydrogen (secondary N) is 2. The van der Waals surface area contributed by atoms with Gasteiger partial charge in [0.1, 0.15) is 5.82 Å². The van der Waals surface area contributed by atoms with Gasteiger partial charge in [0.15, 0.2) is 0 Å². The lowest BCUT2D eigenvalue weighted by Gasteiger charge is -2.08. The van der Waals surface area contributed by atoms with E-state index in [1.807, 2.05) is 0 Å². The van der Waals surface area contributed by atoms with Crippen LogP contribution in [0.4, 0.5) is 11.5 Å². The minimum absolute atomic E-state index is 0.194. The van der Waals surface area contributed by atoms with E-state index in [0.717, 1.165) is 0 Å². The molecule has 2 aromatic rings. The average Bonchev–Trinajstić information content (AvgIpc) is 2.75. The Labute approximate surface area is 98.7 Å². The molecule has 2 aromatic heterocycles. The zero-order chi connectivity index (χ0) is 12.3. The van der Waals surface area contributed by atoms with Crippen molar-refractivity contribution >= 4 is 17.4 Å². The number of anilines is 2. The van der Waals surface area contributed by atoms with E-state index in [4.69, 9.17) is 0 Å². The minimum atomic E-state index is -0.194. The lowest BCUT2D eigenvalue weighted by atomic mass is 10.2. The summed E-state index contributed by atoms with van der Waals surface area (Å²) in [5, 5.41) is 9.68. The van der Waals surface area contributed by atoms with Gasteiger partial charge in [-0.3, -0.25) is 14.5 Å². The summed E-state index contributed by atoms with van der Waals surface area (Å²) in [5.74, 6) is 0.453. The Balaban J connectivity index is 2.23. The van der Waals surface area contributed by atoms with E-state index in [9.17, 15) is 4.79 Å². The molecule has 0 aliphatic heterocycles. The Morgan fingerprint density at radius 1 is 1.35 bits per heavy atom. The second-order valence-corrected chi connectivity index (χ2v) is 3.47. The molecule has 6 nitrogen and oxygen atoms in total. The SMILES string of the molecule is CNc1cnccc1C(=O)Nc1ccnn1C. The molecule has 0 aromatic carbocycles. The number of hydrogen-bond acceptors (Lipinski definition) is 4. The van der Waals surface area contributed by atoms with Gasteiger partial charge in [0.25, 0.3) is 5.91 Å². The molecule has 0 atom stereocenters. The summed E-state index contributed by atoms with van der Waals surface area (Å²) in [5.41, 5.74) is 1.23. The largest absolute Gasteiger partial charge is 0.386 e. The van der Waals surface area contributed by atoms with Gasteiger partial charge in [0.05, 0.1) is 23.6 Å². The molecule has 1 amide bonds. The molecule has 0 fully saturated rings. The zero-order valence-corrected chi connectivity index (χ0v) is 9.64. The third kappa shape index (κ3) is 2.25. The van der Waals surface area contributed by atoms with Crippen LogP contribution in [-0.2, 0) is 7.05 Å². The van der Waals surface area contributed by atoms with Gasteiger partial charge >= 0.3 is 0 Å². The molecule has 2 rings (SSSR count). The van der Waals surface area contributed by atoms with Crippen LogP contribution in [0.15, 0.2) is 30.7 Å². The van der Waals surface area contributed by atoms with Crippen LogP contribution in [0.2, 0.25) is 0 Å². The van der Waals surface area contributed by atoms with Crippen molar-refractivity contribution in [2.75, 3.05) is 17.7 Å². The fourth-order valence-electron chi connectivity index (χ4n) is 1.47. The van der Waals surface area contributed by atoms with E-state index < -0.39 is 0 Å². The lowest BCUT2D eigenvalue weighted by Crippen LogP contribution is -2.16. The zero-order valence-electron chi connectivity index (χ0n) is 9.64. The predicted octanol–water partition coefficient (Wildman–Crippen LogP) is 1.11. The number of aromatic nitrogens is 3. The normalized spacial score (nSPS) is 10.0. The van der Waals surface area contributed by atoms with Gasteiger partial charge in [-0.25, -0.2) is 0 Å². The number of carbonyl (C=O) groups excluding carboxylic acids is 1. The second kappa shape index (κ2) is 4.65. The summed E-state index contributed by atoms with van der Waals surface area (Å²) >= 11 is 0. The van der Waals surface area contributed by atoms with Crippen LogP contribution >= 0.6 is 0 Å². The fourth-order valence-corrected chi connectivity index (χ4v) is 1.47. The van der Waals surface area contributed by atoms with Crippen molar-refractivity contribution in [3.05, 3.63) is 36.3 Å². The Bertz CT molecular complexity index is 534. The van der Waals surface area contributed by atoms with Crippen molar-refractivity contribution < 1.29 is 4.79 Å². The van der Waals surface area contributed by atoms with Crippen molar-refractivity contribution in [2.45, 2.75) is 0 Å². The Morgan fingerprint density at radius 3 is 2.82 bits per heavy atom. The summed E-state index contributed by atoms with van der Waals surface area (Å²) in [4.78, 5) is 16.0. The predicted molar refractivity (Wildman–Crippen MR) is 64.9 cm³/mol. The van der Waals surface area contributed by atoms with Gasteiger partial charge < -0.3 is 10.6 Å². The van der Waals surface area contributed by atoms with Gasteiger partial charge in [-0.2, -0.15) is 5.10 Å². The highest BCUT2D eigenvalue weighted by Gasteiger charge is 2.11. The molecule has 0 unspecified atom stereocenters. The molecule has 0 bridgehead atoms. The third-order valence-corrected chi connectivity index (χ3v) is 2.40. The van der Waals surface area contributed by atoms with Gasteiger partial charge in [-0.1, -0.05) is 0 Å². The first kappa shape index (κ1) is 11.1. The molecule has 0 aliphatic rings. The van der Waals surface area contributed by atoms with E-state index in [1.165, 1.54) is 0 Å². The van der Waals surface area contributed by atoms with Crippen LogP contribution in [0, 0.1) is 0 Å².